The maximum atomic E-state index is 15.0. The predicted octanol–water partition coefficient (Wildman–Crippen LogP) is 5.12. The molecule has 0 fully saturated rings. The second-order valence-corrected chi connectivity index (χ2v) is 7.54. The summed E-state index contributed by atoms with van der Waals surface area (Å²) >= 11 is 0. The largest absolute Gasteiger partial charge is 0.495 e. The molecule has 174 valence electrons. The summed E-state index contributed by atoms with van der Waals surface area (Å²) in [7, 11) is 1.52. The molecule has 1 amide bonds. The van der Waals surface area contributed by atoms with E-state index in [4.69, 9.17) is 4.74 Å². The highest BCUT2D eigenvalue weighted by Gasteiger charge is 2.47. The van der Waals surface area contributed by atoms with Crippen molar-refractivity contribution >= 4 is 34.7 Å². The summed E-state index contributed by atoms with van der Waals surface area (Å²) in [6, 6.07) is 8.55. The minimum absolute atomic E-state index is 0. The third-order valence-corrected chi connectivity index (χ3v) is 5.30. The molecule has 0 spiro atoms. The molecule has 4 rings (SSSR count). The number of pyridine rings is 1. The van der Waals surface area contributed by atoms with Gasteiger partial charge in [0.1, 0.15) is 11.6 Å². The lowest BCUT2D eigenvalue weighted by atomic mass is 9.92. The van der Waals surface area contributed by atoms with Crippen molar-refractivity contribution in [1.82, 2.24) is 15.0 Å². The Hall–Kier alpha value is -4.08. The first-order valence-corrected chi connectivity index (χ1v) is 10.1. The molecule has 1 atom stereocenters. The van der Waals surface area contributed by atoms with Crippen LogP contribution in [0.25, 0.3) is 0 Å². The maximum absolute atomic E-state index is 15.0. The van der Waals surface area contributed by atoms with Crippen LogP contribution in [0.2, 0.25) is 0 Å². The molecule has 3 aromatic rings. The second kappa shape index (κ2) is 8.81. The van der Waals surface area contributed by atoms with Gasteiger partial charge in [0, 0.05) is 39.0 Å². The lowest BCUT2D eigenvalue weighted by Crippen LogP contribution is -2.41. The van der Waals surface area contributed by atoms with Gasteiger partial charge >= 0.3 is 0 Å². The van der Waals surface area contributed by atoms with Gasteiger partial charge in [-0.15, -0.1) is 0 Å². The van der Waals surface area contributed by atoms with Crippen molar-refractivity contribution in [3.8, 4) is 5.75 Å². The number of hydrogen-bond acceptors (Lipinski definition) is 7. The third-order valence-electron chi connectivity index (χ3n) is 5.30. The number of halogens is 2. The number of rotatable bonds is 6. The molecule has 0 aliphatic carbocycles. The zero-order valence-electron chi connectivity index (χ0n) is 18.0. The van der Waals surface area contributed by atoms with E-state index >= 15 is 0 Å². The predicted molar refractivity (Wildman–Crippen MR) is 126 cm³/mol. The van der Waals surface area contributed by atoms with Gasteiger partial charge in [-0.3, -0.25) is 9.78 Å². The Kier molecular flexibility index (Phi) is 5.91. The Morgan fingerprint density at radius 2 is 2.03 bits per heavy atom. The fourth-order valence-electron chi connectivity index (χ4n) is 3.49. The van der Waals surface area contributed by atoms with Crippen molar-refractivity contribution in [2.45, 2.75) is 12.8 Å². The van der Waals surface area contributed by atoms with Gasteiger partial charge in [-0.1, -0.05) is 13.5 Å². The molecule has 0 saturated heterocycles. The number of nitrogens with zero attached hydrogens (tertiary/aromatic N) is 4. The molecule has 0 radical (unpaired) electrons. The fourth-order valence-corrected chi connectivity index (χ4v) is 3.49. The van der Waals surface area contributed by atoms with Gasteiger partial charge < -0.3 is 20.3 Å². The van der Waals surface area contributed by atoms with E-state index in [0.29, 0.717) is 22.8 Å². The van der Waals surface area contributed by atoms with Crippen LogP contribution in [0.1, 0.15) is 15.3 Å². The zero-order chi connectivity index (χ0) is 23.6. The zero-order valence-corrected chi connectivity index (χ0v) is 18.0. The van der Waals surface area contributed by atoms with Crippen LogP contribution in [-0.4, -0.2) is 34.5 Å². The first-order chi connectivity index (χ1) is 15.8. The molecule has 0 bridgehead atoms. The Labute approximate surface area is 192 Å². The Balaban J connectivity index is 0.00000216. The summed E-state index contributed by atoms with van der Waals surface area (Å²) in [6.07, 6.45) is 5.42. The Morgan fingerprint density at radius 1 is 1.27 bits per heavy atom. The molecule has 1 aliphatic rings. The number of anilines is 5. The van der Waals surface area contributed by atoms with Gasteiger partial charge in [0.15, 0.2) is 0 Å². The van der Waals surface area contributed by atoms with Crippen LogP contribution in [0, 0.1) is 5.92 Å². The highest BCUT2D eigenvalue weighted by Crippen LogP contribution is 2.47. The van der Waals surface area contributed by atoms with Crippen molar-refractivity contribution in [2.75, 3.05) is 29.2 Å². The van der Waals surface area contributed by atoms with Crippen LogP contribution in [0.5, 0.6) is 5.75 Å². The normalized spacial score (nSPS) is 16.5. The molecule has 8 nitrogen and oxygen atoms in total. The lowest BCUT2D eigenvalue weighted by molar-refractivity contribution is -0.111. The molecule has 33 heavy (non-hydrogen) atoms. The van der Waals surface area contributed by atoms with Crippen molar-refractivity contribution in [2.24, 2.45) is 5.92 Å². The van der Waals surface area contributed by atoms with Gasteiger partial charge in [-0.05, 0) is 30.3 Å². The topological polar surface area (TPSA) is 92.3 Å². The number of hydrogen-bond donors (Lipinski definition) is 2. The van der Waals surface area contributed by atoms with Crippen LogP contribution >= 0.6 is 0 Å². The van der Waals surface area contributed by atoms with Crippen molar-refractivity contribution in [1.29, 1.82) is 0 Å². The number of benzene rings is 1. The van der Waals surface area contributed by atoms with Crippen LogP contribution in [-0.2, 0) is 10.7 Å². The van der Waals surface area contributed by atoms with E-state index < -0.39 is 11.8 Å². The van der Waals surface area contributed by atoms with Gasteiger partial charge in [0.2, 0.25) is 11.9 Å². The Bertz CT molecular complexity index is 1200. The van der Waals surface area contributed by atoms with E-state index in [-0.39, 0.29) is 32.6 Å². The average Bonchev–Trinajstić information content (AvgIpc) is 2.82. The molecule has 10 heteroatoms. The second-order valence-electron chi connectivity index (χ2n) is 7.54. The average molecular weight is 456 g/mol. The summed E-state index contributed by atoms with van der Waals surface area (Å²) in [6.45, 7) is 4.96. The standard InChI is InChI=1S/C23H22F2N6O2.2H2/c1-4-20(32)28-15-5-7-17(8-6-15)31-13-14(2)23(24,25)19-12-27-22(30-21(19)31)29-16-9-18(33-3)11-26-10-16;;/h4-12,14H,1,13H2,2-3H3,(H,28,32)(H,27,29,30);2*1H. The third kappa shape index (κ3) is 4.45. The van der Waals surface area contributed by atoms with Gasteiger partial charge in [0.05, 0.1) is 30.8 Å². The smallest absolute Gasteiger partial charge is 0.282 e. The van der Waals surface area contributed by atoms with Gasteiger partial charge in [-0.25, -0.2) is 13.8 Å². The molecular weight excluding hydrogens is 430 g/mol. The quantitative estimate of drug-likeness (QED) is 0.498. The molecule has 0 saturated carbocycles. The number of aromatic nitrogens is 3. The lowest BCUT2D eigenvalue weighted by Gasteiger charge is -2.38. The number of methoxy groups -OCH3 is 1. The number of alkyl halides is 2. The summed E-state index contributed by atoms with van der Waals surface area (Å²) in [5.41, 5.74) is 1.52. The number of ether oxygens (including phenoxy) is 1. The molecule has 3 heterocycles. The molecule has 1 aliphatic heterocycles. The first kappa shape index (κ1) is 22.1. The number of fused-ring (bicyclic) bond motifs is 1. The van der Waals surface area contributed by atoms with E-state index in [0.717, 1.165) is 6.20 Å². The molecule has 1 unspecified atom stereocenters. The van der Waals surface area contributed by atoms with E-state index in [1.54, 1.807) is 47.6 Å². The monoisotopic (exact) mass is 456 g/mol. The van der Waals surface area contributed by atoms with Gasteiger partial charge in [0.25, 0.3) is 5.92 Å². The van der Waals surface area contributed by atoms with E-state index in [1.807, 2.05) is 0 Å². The molecule has 1 aromatic carbocycles. The number of carbonyl (C=O) groups excluding carboxylic acids is 1. The minimum atomic E-state index is -3.08. The summed E-state index contributed by atoms with van der Waals surface area (Å²) < 4.78 is 35.1. The van der Waals surface area contributed by atoms with E-state index in [2.05, 4.69) is 32.2 Å². The molecular formula is C23H26F2N6O2. The van der Waals surface area contributed by atoms with Crippen LogP contribution < -0.4 is 20.3 Å². The van der Waals surface area contributed by atoms with E-state index in [9.17, 15) is 13.6 Å². The first-order valence-electron chi connectivity index (χ1n) is 10.1. The molecule has 2 N–H and O–H groups in total. The van der Waals surface area contributed by atoms with Gasteiger partial charge in [-0.2, -0.15) is 4.98 Å². The fraction of sp³-hybridized carbons (Fsp3) is 0.217. The number of amides is 1. The SMILES string of the molecule is C=CC(=O)Nc1ccc(N2CC(C)C(F)(F)c3cnc(Nc4cncc(OC)c4)nc32)cc1.[HH].[HH]. The van der Waals surface area contributed by atoms with Crippen LogP contribution in [0.4, 0.5) is 37.6 Å². The summed E-state index contributed by atoms with van der Waals surface area (Å²) in [5, 5.41) is 5.64. The Morgan fingerprint density at radius 3 is 2.73 bits per heavy atom. The number of carbonyl (C=O) groups is 1. The summed E-state index contributed by atoms with van der Waals surface area (Å²) in [5.74, 6) is -3.60. The molecule has 2 aromatic heterocycles. The van der Waals surface area contributed by atoms with Crippen molar-refractivity contribution in [3.05, 3.63) is 67.1 Å². The highest BCUT2D eigenvalue weighted by molar-refractivity contribution is 5.99. The summed E-state index contributed by atoms with van der Waals surface area (Å²) in [4.78, 5) is 25.8. The van der Waals surface area contributed by atoms with E-state index in [1.165, 1.54) is 20.1 Å². The van der Waals surface area contributed by atoms with Crippen molar-refractivity contribution in [3.63, 3.8) is 0 Å². The van der Waals surface area contributed by atoms with Crippen LogP contribution in [0.3, 0.4) is 0 Å². The minimum Gasteiger partial charge on any atom is -0.495 e. The van der Waals surface area contributed by atoms with Crippen LogP contribution in [0.15, 0.2) is 61.6 Å². The highest BCUT2D eigenvalue weighted by atomic mass is 19.3. The van der Waals surface area contributed by atoms with Crippen molar-refractivity contribution < 1.29 is 21.2 Å². The number of nitrogens with one attached hydrogen (secondary N) is 2. The maximum Gasteiger partial charge on any atom is 0.282 e.